The van der Waals surface area contributed by atoms with Gasteiger partial charge in [0.2, 0.25) is 0 Å². The first-order valence-corrected chi connectivity index (χ1v) is 11.8. The Morgan fingerprint density at radius 2 is 0.731 bits per heavy atom. The molecule has 162 valence electrons. The Balaban J connectivity index is -0.000000414. The molecule has 0 aromatic heterocycles. The molecule has 3 rings (SSSR count). The molecule has 0 aromatic carbocycles. The second-order valence-electron chi connectivity index (χ2n) is 8.87. The molecule has 2 atom stereocenters. The van der Waals surface area contributed by atoms with Gasteiger partial charge in [-0.2, -0.15) is 0 Å². The zero-order valence-corrected chi connectivity index (χ0v) is 18.6. The fraction of sp³-hybridized carbons (Fsp3) is 1.00. The molecule has 0 bridgehead atoms. The highest BCUT2D eigenvalue weighted by atomic mass is 16.0. The fourth-order valence-electron chi connectivity index (χ4n) is 5.07. The van der Waals surface area contributed by atoms with Crippen LogP contribution in [0.4, 0.5) is 0 Å². The maximum absolute atomic E-state index is 2.46. The fourth-order valence-corrected chi connectivity index (χ4v) is 5.07. The first-order valence-electron chi connectivity index (χ1n) is 11.8. The second kappa shape index (κ2) is 18.3. The molecule has 0 aromatic rings. The molecule has 2 unspecified atom stereocenters. The Morgan fingerprint density at radius 1 is 0.423 bits per heavy atom. The van der Waals surface area contributed by atoms with Crippen molar-refractivity contribution < 1.29 is 12.4 Å². The van der Waals surface area contributed by atoms with Crippen LogP contribution in [-0.2, 0) is 0 Å². The molecule has 3 aliphatic rings. The van der Waals surface area contributed by atoms with Crippen molar-refractivity contribution in [1.29, 1.82) is 0 Å². The molecule has 2 heteroatoms. The lowest BCUT2D eigenvalue weighted by atomic mass is 9.73. The first-order chi connectivity index (χ1) is 11.8. The third kappa shape index (κ3) is 12.3. The summed E-state index contributed by atoms with van der Waals surface area (Å²) in [7, 11) is 0. The molecule has 3 aliphatic carbocycles. The second-order valence-corrected chi connectivity index (χ2v) is 8.87. The van der Waals surface area contributed by atoms with Gasteiger partial charge in [-0.15, -0.1) is 0 Å². The van der Waals surface area contributed by atoms with Crippen molar-refractivity contribution in [3.8, 4) is 0 Å². The van der Waals surface area contributed by atoms with Gasteiger partial charge in [0.25, 0.3) is 0 Å². The van der Waals surface area contributed by atoms with Gasteiger partial charge in [0.15, 0.2) is 0 Å². The Bertz CT molecular complexity index is 274. The first kappa shape index (κ1) is 28.1. The maximum Gasteiger partial charge on any atom is 0 e. The van der Waals surface area contributed by atoms with Crippen molar-refractivity contribution in [2.45, 2.75) is 130 Å². The van der Waals surface area contributed by atoms with Crippen molar-refractivity contribution in [2.75, 3.05) is 0 Å². The van der Waals surface area contributed by atoms with Gasteiger partial charge >= 0.3 is 0 Å². The van der Waals surface area contributed by atoms with E-state index in [-0.39, 0.29) is 12.4 Å². The van der Waals surface area contributed by atoms with Gasteiger partial charge in [0.05, 0.1) is 0 Å². The average molecular weight is 375 g/mol. The van der Waals surface area contributed by atoms with E-state index in [4.69, 9.17) is 0 Å². The van der Waals surface area contributed by atoms with E-state index in [1.54, 1.807) is 25.7 Å². The Morgan fingerprint density at radius 3 is 1.19 bits per heavy atom. The molecule has 0 amide bonds. The van der Waals surface area contributed by atoms with E-state index >= 15 is 0 Å². The Kier molecular flexibility index (Phi) is 19.8. The summed E-state index contributed by atoms with van der Waals surface area (Å²) in [5.74, 6) is 4.27. The molecule has 0 aliphatic heterocycles. The zero-order valence-electron chi connectivity index (χ0n) is 18.6. The Hall–Kier alpha value is -0.0800. The third-order valence-electron chi connectivity index (χ3n) is 6.76. The van der Waals surface area contributed by atoms with Crippen LogP contribution in [0.2, 0.25) is 0 Å². The average Bonchev–Trinajstić information content (AvgIpc) is 2.62. The van der Waals surface area contributed by atoms with Crippen LogP contribution < -0.4 is 0 Å². The summed E-state index contributed by atoms with van der Waals surface area (Å²) < 4.78 is 0. The molecule has 0 saturated heterocycles. The van der Waals surface area contributed by atoms with Crippen LogP contribution >= 0.6 is 0 Å². The van der Waals surface area contributed by atoms with Crippen molar-refractivity contribution >= 4 is 0 Å². The lowest BCUT2D eigenvalue weighted by Gasteiger charge is -2.32. The van der Waals surface area contributed by atoms with E-state index in [1.165, 1.54) is 77.0 Å². The van der Waals surface area contributed by atoms with Crippen molar-refractivity contribution in [3.05, 3.63) is 0 Å². The van der Waals surface area contributed by atoms with Gasteiger partial charge in [-0.3, -0.25) is 0 Å². The van der Waals surface area contributed by atoms with Crippen LogP contribution in [0.25, 0.3) is 0 Å². The standard InChI is InChI=1S/C15H28.C7H14.C2H6.2H2O.H2/c1-13-7-5-6-10-15(12-11-13)14-8-3-2-4-9-14;1-7-5-3-2-4-6-7;1-2;;;/h13-15H,2-12H2,1H3;7H,2-6H2,1H3;1-2H3;2*1H2;1H. The topological polar surface area (TPSA) is 63.0 Å². The monoisotopic (exact) mass is 374 g/mol. The quantitative estimate of drug-likeness (QED) is 0.459. The highest BCUT2D eigenvalue weighted by Gasteiger charge is 2.24. The molecular weight excluding hydrogens is 320 g/mol. The zero-order chi connectivity index (χ0) is 17.6. The largest absolute Gasteiger partial charge is 0.412 e. The highest BCUT2D eigenvalue weighted by molar-refractivity contribution is 4.76. The van der Waals surface area contributed by atoms with E-state index < -0.39 is 0 Å². The molecule has 0 heterocycles. The summed E-state index contributed by atoms with van der Waals surface area (Å²) in [6.45, 7) is 8.82. The molecule has 2 nitrogen and oxygen atoms in total. The van der Waals surface area contributed by atoms with Gasteiger partial charge in [0, 0.05) is 1.43 Å². The summed E-state index contributed by atoms with van der Waals surface area (Å²) in [6.07, 6.45) is 24.2. The smallest absolute Gasteiger partial charge is 0 e. The van der Waals surface area contributed by atoms with Crippen LogP contribution in [0.3, 0.4) is 0 Å². The van der Waals surface area contributed by atoms with Crippen molar-refractivity contribution in [1.82, 2.24) is 0 Å². The third-order valence-corrected chi connectivity index (χ3v) is 6.76. The van der Waals surface area contributed by atoms with E-state index in [2.05, 4.69) is 13.8 Å². The predicted octanol–water partition coefficient (Wildman–Crippen LogP) is 7.38. The van der Waals surface area contributed by atoms with Crippen LogP contribution in [-0.4, -0.2) is 11.0 Å². The molecule has 3 fully saturated rings. The molecular formula is C24H54O2. The van der Waals surface area contributed by atoms with E-state index in [0.717, 1.165) is 23.7 Å². The maximum atomic E-state index is 2.46. The summed E-state index contributed by atoms with van der Waals surface area (Å²) in [4.78, 5) is 0. The van der Waals surface area contributed by atoms with E-state index in [9.17, 15) is 0 Å². The van der Waals surface area contributed by atoms with Crippen molar-refractivity contribution in [3.63, 3.8) is 0 Å². The molecule has 4 N–H and O–H groups in total. The minimum Gasteiger partial charge on any atom is -0.412 e. The van der Waals surface area contributed by atoms with Gasteiger partial charge in [-0.05, 0) is 30.1 Å². The van der Waals surface area contributed by atoms with Gasteiger partial charge in [0.1, 0.15) is 0 Å². The van der Waals surface area contributed by atoms with Gasteiger partial charge < -0.3 is 11.0 Å². The minimum absolute atomic E-state index is 0. The molecule has 26 heavy (non-hydrogen) atoms. The van der Waals surface area contributed by atoms with Crippen LogP contribution in [0.1, 0.15) is 132 Å². The molecule has 0 radical (unpaired) electrons. The van der Waals surface area contributed by atoms with Gasteiger partial charge in [-0.25, -0.2) is 0 Å². The van der Waals surface area contributed by atoms with Gasteiger partial charge in [-0.1, -0.05) is 124 Å². The number of hydrogen-bond donors (Lipinski definition) is 0. The van der Waals surface area contributed by atoms with Crippen LogP contribution in [0.5, 0.6) is 0 Å². The lowest BCUT2D eigenvalue weighted by Crippen LogP contribution is -2.20. The van der Waals surface area contributed by atoms with E-state index in [1.807, 2.05) is 13.8 Å². The van der Waals surface area contributed by atoms with Crippen LogP contribution in [0.15, 0.2) is 0 Å². The summed E-state index contributed by atoms with van der Waals surface area (Å²) in [5.41, 5.74) is 0. The van der Waals surface area contributed by atoms with Crippen LogP contribution in [0, 0.1) is 23.7 Å². The minimum atomic E-state index is 0. The van der Waals surface area contributed by atoms with Crippen molar-refractivity contribution in [2.24, 2.45) is 23.7 Å². The highest BCUT2D eigenvalue weighted by Crippen LogP contribution is 2.37. The number of rotatable bonds is 1. The van der Waals surface area contributed by atoms with E-state index in [0.29, 0.717) is 0 Å². The summed E-state index contributed by atoms with van der Waals surface area (Å²) >= 11 is 0. The lowest BCUT2D eigenvalue weighted by molar-refractivity contribution is 0.196. The summed E-state index contributed by atoms with van der Waals surface area (Å²) in [5, 5.41) is 0. The SMILES string of the molecule is CC.CC1CCCCC(C2CCCCC2)CC1.CC1CCCCC1.O.O.[HH]. The Labute approximate surface area is 167 Å². The molecule has 0 spiro atoms. The predicted molar refractivity (Wildman–Crippen MR) is 120 cm³/mol. The molecule has 3 saturated carbocycles. The normalized spacial score (nSPS) is 27.7. The summed E-state index contributed by atoms with van der Waals surface area (Å²) in [6, 6.07) is 0. The number of hydrogen-bond acceptors (Lipinski definition) is 0.